The third kappa shape index (κ3) is 7.97. The van der Waals surface area contributed by atoms with Crippen LogP contribution >= 0.6 is 69.6 Å². The number of alkyl halides is 6. The SMILES string of the molecule is COc1ccc(C=Cc2nc(CC(Cl)(Cl)Cl)nc(CC(Cl)(Cl)Cl)n2)c(OC)c1. The molecule has 0 saturated heterocycles. The highest BCUT2D eigenvalue weighted by Crippen LogP contribution is 2.32. The Morgan fingerprint density at radius 3 is 1.86 bits per heavy atom. The molecule has 1 aromatic carbocycles. The first-order valence-electron chi connectivity index (χ1n) is 7.76. The number of rotatable bonds is 6. The van der Waals surface area contributed by atoms with E-state index in [9.17, 15) is 0 Å². The minimum Gasteiger partial charge on any atom is -0.497 e. The minimum absolute atomic E-state index is 0.0280. The fourth-order valence-electron chi connectivity index (χ4n) is 2.20. The van der Waals surface area contributed by atoms with E-state index in [1.165, 1.54) is 0 Å². The van der Waals surface area contributed by atoms with Crippen molar-refractivity contribution in [3.05, 3.63) is 41.2 Å². The molecule has 0 amide bonds. The van der Waals surface area contributed by atoms with Crippen LogP contribution in [0.15, 0.2) is 18.2 Å². The van der Waals surface area contributed by atoms with Crippen molar-refractivity contribution in [3.8, 4) is 11.5 Å². The second kappa shape index (κ2) is 9.88. The van der Waals surface area contributed by atoms with E-state index in [1.54, 1.807) is 38.5 Å². The molecule has 5 nitrogen and oxygen atoms in total. The van der Waals surface area contributed by atoms with Gasteiger partial charge in [0.05, 0.1) is 27.1 Å². The number of benzene rings is 1. The second-order valence-corrected chi connectivity index (χ2v) is 10.6. The number of methoxy groups -OCH3 is 2. The molecule has 0 N–H and O–H groups in total. The molecule has 0 spiro atoms. The predicted octanol–water partition coefficient (Wildman–Crippen LogP) is 5.88. The molecule has 0 aliphatic heterocycles. The van der Waals surface area contributed by atoms with Gasteiger partial charge >= 0.3 is 0 Å². The lowest BCUT2D eigenvalue weighted by Crippen LogP contribution is -2.17. The van der Waals surface area contributed by atoms with Gasteiger partial charge in [-0.05, 0) is 24.3 Å². The maximum absolute atomic E-state index is 5.85. The van der Waals surface area contributed by atoms with Gasteiger partial charge in [0.2, 0.25) is 0 Å². The van der Waals surface area contributed by atoms with E-state index in [2.05, 4.69) is 15.0 Å². The van der Waals surface area contributed by atoms with Gasteiger partial charge in [-0.15, -0.1) is 0 Å². The largest absolute Gasteiger partial charge is 0.497 e. The van der Waals surface area contributed by atoms with Crippen molar-refractivity contribution < 1.29 is 9.47 Å². The lowest BCUT2D eigenvalue weighted by molar-refractivity contribution is 0.394. The van der Waals surface area contributed by atoms with Crippen LogP contribution < -0.4 is 9.47 Å². The quantitative estimate of drug-likeness (QED) is 0.458. The van der Waals surface area contributed by atoms with Crippen molar-refractivity contribution in [2.75, 3.05) is 14.2 Å². The molecule has 28 heavy (non-hydrogen) atoms. The fraction of sp³-hybridized carbons (Fsp3) is 0.353. The van der Waals surface area contributed by atoms with Gasteiger partial charge in [0.15, 0.2) is 13.4 Å². The van der Waals surface area contributed by atoms with E-state index in [0.29, 0.717) is 17.3 Å². The summed E-state index contributed by atoms with van der Waals surface area (Å²) in [7, 11) is 3.14. The minimum atomic E-state index is -1.57. The zero-order valence-electron chi connectivity index (χ0n) is 14.7. The molecule has 0 saturated carbocycles. The number of ether oxygens (including phenoxy) is 2. The number of halogens is 6. The van der Waals surface area contributed by atoms with Crippen molar-refractivity contribution in [3.63, 3.8) is 0 Å². The van der Waals surface area contributed by atoms with Crippen LogP contribution in [0.2, 0.25) is 0 Å². The normalized spacial score (nSPS) is 12.4. The summed E-state index contributed by atoms with van der Waals surface area (Å²) in [6.45, 7) is 0. The third-order valence-corrected chi connectivity index (χ3v) is 4.12. The monoisotopic (exact) mass is 503 g/mol. The first-order chi connectivity index (χ1) is 13.0. The Balaban J connectivity index is 2.39. The molecular weight excluding hydrogens is 491 g/mol. The van der Waals surface area contributed by atoms with Crippen LogP contribution in [0.3, 0.4) is 0 Å². The number of aromatic nitrogens is 3. The highest BCUT2D eigenvalue weighted by molar-refractivity contribution is 6.68. The average Bonchev–Trinajstić information content (AvgIpc) is 2.56. The molecule has 0 fully saturated rings. The molecule has 0 bridgehead atoms. The number of hydrogen-bond acceptors (Lipinski definition) is 5. The molecule has 11 heteroatoms. The zero-order chi connectivity index (χ0) is 20.9. The highest BCUT2D eigenvalue weighted by Gasteiger charge is 2.26. The predicted molar refractivity (Wildman–Crippen MR) is 116 cm³/mol. The van der Waals surface area contributed by atoms with Crippen molar-refractivity contribution in [1.29, 1.82) is 0 Å². The molecule has 152 valence electrons. The number of nitrogens with zero attached hydrogens (tertiary/aromatic N) is 3. The van der Waals surface area contributed by atoms with Crippen LogP contribution in [0.5, 0.6) is 11.5 Å². The molecule has 2 aromatic rings. The van der Waals surface area contributed by atoms with E-state index in [4.69, 9.17) is 79.1 Å². The Bertz CT molecular complexity index is 816. The number of hydrogen-bond donors (Lipinski definition) is 0. The van der Waals surface area contributed by atoms with Crippen LogP contribution in [0, 0.1) is 0 Å². The van der Waals surface area contributed by atoms with Crippen LogP contribution in [0.1, 0.15) is 23.0 Å². The van der Waals surface area contributed by atoms with Gasteiger partial charge in [-0.2, -0.15) is 0 Å². The molecule has 0 atom stereocenters. The summed E-state index contributed by atoms with van der Waals surface area (Å²) < 4.78 is 7.41. The van der Waals surface area contributed by atoms with Gasteiger partial charge in [-0.3, -0.25) is 0 Å². The highest BCUT2D eigenvalue weighted by atomic mass is 35.6. The maximum Gasteiger partial charge on any atom is 0.197 e. The van der Waals surface area contributed by atoms with Crippen molar-refractivity contribution in [1.82, 2.24) is 15.0 Å². The van der Waals surface area contributed by atoms with Gasteiger partial charge < -0.3 is 9.47 Å². The van der Waals surface area contributed by atoms with Crippen LogP contribution in [-0.2, 0) is 12.8 Å². The van der Waals surface area contributed by atoms with E-state index in [1.807, 2.05) is 6.07 Å². The average molecular weight is 506 g/mol. The van der Waals surface area contributed by atoms with Crippen LogP contribution in [0.25, 0.3) is 12.2 Å². The van der Waals surface area contributed by atoms with Crippen LogP contribution in [0.4, 0.5) is 0 Å². The van der Waals surface area contributed by atoms with Crippen molar-refractivity contribution in [2.45, 2.75) is 20.4 Å². The van der Waals surface area contributed by atoms with Gasteiger partial charge in [0.25, 0.3) is 0 Å². The van der Waals surface area contributed by atoms with Gasteiger partial charge in [-0.1, -0.05) is 69.6 Å². The Labute approximate surface area is 192 Å². The Morgan fingerprint density at radius 2 is 1.39 bits per heavy atom. The molecule has 0 radical (unpaired) electrons. The zero-order valence-corrected chi connectivity index (χ0v) is 19.3. The van der Waals surface area contributed by atoms with Gasteiger partial charge in [-0.25, -0.2) is 15.0 Å². The third-order valence-electron chi connectivity index (χ3n) is 3.32. The molecule has 1 aromatic heterocycles. The molecule has 0 unspecified atom stereocenters. The first kappa shape index (κ1) is 23.6. The van der Waals surface area contributed by atoms with E-state index in [0.717, 1.165) is 5.56 Å². The molecule has 0 aliphatic carbocycles. The Morgan fingerprint density at radius 1 is 0.821 bits per heavy atom. The Hall–Kier alpha value is -0.690. The molecular formula is C17H15Cl6N3O2. The first-order valence-corrected chi connectivity index (χ1v) is 10.0. The summed E-state index contributed by atoms with van der Waals surface area (Å²) in [5.41, 5.74) is 0.787. The van der Waals surface area contributed by atoms with E-state index < -0.39 is 7.59 Å². The standard InChI is InChI=1S/C17H15Cl6N3O2/c1-27-11-5-3-10(12(7-11)28-2)4-6-13-24-14(8-16(18,19)20)26-15(25-13)9-17(21,22)23/h3-7H,8-9H2,1-2H3. The smallest absolute Gasteiger partial charge is 0.197 e. The van der Waals surface area contributed by atoms with E-state index >= 15 is 0 Å². The summed E-state index contributed by atoms with van der Waals surface area (Å²) in [5, 5.41) is 0. The van der Waals surface area contributed by atoms with E-state index in [-0.39, 0.29) is 24.5 Å². The van der Waals surface area contributed by atoms with Gasteiger partial charge in [0.1, 0.15) is 23.1 Å². The summed E-state index contributed by atoms with van der Waals surface area (Å²) in [6, 6.07) is 5.40. The van der Waals surface area contributed by atoms with Crippen molar-refractivity contribution >= 4 is 81.8 Å². The van der Waals surface area contributed by atoms with Gasteiger partial charge in [0, 0.05) is 11.6 Å². The molecule has 0 aliphatic rings. The topological polar surface area (TPSA) is 57.1 Å². The fourth-order valence-corrected chi connectivity index (χ4v) is 2.92. The second-order valence-electron chi connectivity index (χ2n) is 5.55. The summed E-state index contributed by atoms with van der Waals surface area (Å²) in [6.07, 6.45) is 3.38. The summed E-state index contributed by atoms with van der Waals surface area (Å²) in [5.74, 6) is 2.14. The van der Waals surface area contributed by atoms with Crippen molar-refractivity contribution in [2.24, 2.45) is 0 Å². The lowest BCUT2D eigenvalue weighted by atomic mass is 10.1. The van der Waals surface area contributed by atoms with Crippen LogP contribution in [-0.4, -0.2) is 36.8 Å². The molecule has 2 rings (SSSR count). The maximum atomic E-state index is 5.85. The summed E-state index contributed by atoms with van der Waals surface area (Å²) in [4.78, 5) is 12.8. The summed E-state index contributed by atoms with van der Waals surface area (Å²) >= 11 is 35.1. The lowest BCUT2D eigenvalue weighted by Gasteiger charge is -2.13. The molecule has 1 heterocycles. The Kier molecular flexibility index (Phi) is 8.32.